The molecule has 0 radical (unpaired) electrons. The number of thiophene rings is 1. The molecule has 0 fully saturated rings. The van der Waals surface area contributed by atoms with Crippen LogP contribution in [0.2, 0.25) is 0 Å². The van der Waals surface area contributed by atoms with Crippen LogP contribution in [-0.4, -0.2) is 30.9 Å². The summed E-state index contributed by atoms with van der Waals surface area (Å²) in [6, 6.07) is 18.7. The Bertz CT molecular complexity index is 1020. The van der Waals surface area contributed by atoms with E-state index in [-0.39, 0.29) is 11.8 Å². The molecule has 2 amide bonds. The largest absolute Gasteiger partial charge is 0.371 e. The number of benzene rings is 2. The van der Waals surface area contributed by atoms with Crippen LogP contribution in [0.4, 0.5) is 11.4 Å². The second kappa shape index (κ2) is 9.13. The van der Waals surface area contributed by atoms with Crippen molar-refractivity contribution in [1.29, 1.82) is 0 Å². The molecule has 5 nitrogen and oxygen atoms in total. The maximum absolute atomic E-state index is 13.1. The molecule has 4 rings (SSSR count). The van der Waals surface area contributed by atoms with Gasteiger partial charge in [0.2, 0.25) is 5.91 Å². The molecule has 1 aliphatic rings. The highest BCUT2D eigenvalue weighted by atomic mass is 32.1. The minimum Gasteiger partial charge on any atom is -0.371 e. The van der Waals surface area contributed by atoms with Crippen molar-refractivity contribution in [2.24, 2.45) is 0 Å². The van der Waals surface area contributed by atoms with Crippen LogP contribution in [0.25, 0.3) is 0 Å². The number of hydrogen-bond acceptors (Lipinski definition) is 4. The highest BCUT2D eigenvalue weighted by molar-refractivity contribution is 7.12. The molecule has 3 aromatic rings. The fraction of sp³-hybridized carbons (Fsp3) is 0.250. The summed E-state index contributed by atoms with van der Waals surface area (Å²) in [5.74, 6) is -0.447. The molecule has 1 unspecified atom stereocenters. The number of likely N-dealkylation sites (N-methyl/N-ethyl adjacent to an activating group) is 1. The average Bonchev–Trinajstić information content (AvgIpc) is 3.44. The van der Waals surface area contributed by atoms with Gasteiger partial charge in [-0.15, -0.1) is 11.3 Å². The van der Waals surface area contributed by atoms with Gasteiger partial charge in [-0.25, -0.2) is 0 Å². The monoisotopic (exact) mass is 419 g/mol. The number of carbonyl (C=O) groups is 2. The van der Waals surface area contributed by atoms with Crippen molar-refractivity contribution in [1.82, 2.24) is 5.32 Å². The lowest BCUT2D eigenvalue weighted by molar-refractivity contribution is -0.118. The van der Waals surface area contributed by atoms with Gasteiger partial charge in [-0.05, 0) is 48.1 Å². The first-order chi connectivity index (χ1) is 14.6. The first-order valence-electron chi connectivity index (χ1n) is 10.2. The maximum atomic E-state index is 13.1. The Labute approximate surface area is 180 Å². The summed E-state index contributed by atoms with van der Waals surface area (Å²) in [7, 11) is 0. The van der Waals surface area contributed by atoms with Gasteiger partial charge in [0.15, 0.2) is 0 Å². The number of anilines is 2. The van der Waals surface area contributed by atoms with Crippen LogP contribution >= 0.6 is 11.3 Å². The standard InChI is InChI=1S/C24H25N3O2S/c1-2-27-13-12-18-10-11-19(16-21(18)27)25-23(28)20(15-17-7-4-3-5-8-17)26-24(29)22-9-6-14-30-22/h3-11,14,16,20H,2,12-13,15H2,1H3,(H,25,28)(H,26,29). The van der Waals surface area contributed by atoms with Crippen LogP contribution in [0.3, 0.4) is 0 Å². The van der Waals surface area contributed by atoms with Gasteiger partial charge in [-0.3, -0.25) is 9.59 Å². The van der Waals surface area contributed by atoms with Crippen molar-refractivity contribution in [3.8, 4) is 0 Å². The van der Waals surface area contributed by atoms with E-state index in [4.69, 9.17) is 0 Å². The Kier molecular flexibility index (Phi) is 6.14. The van der Waals surface area contributed by atoms with E-state index in [9.17, 15) is 9.59 Å². The average molecular weight is 420 g/mol. The Morgan fingerprint density at radius 1 is 1.10 bits per heavy atom. The van der Waals surface area contributed by atoms with Gasteiger partial charge in [0.05, 0.1) is 4.88 Å². The van der Waals surface area contributed by atoms with E-state index in [1.165, 1.54) is 22.6 Å². The van der Waals surface area contributed by atoms with E-state index in [1.54, 1.807) is 6.07 Å². The molecular weight excluding hydrogens is 394 g/mol. The second-order valence-corrected chi connectivity index (χ2v) is 8.30. The molecule has 1 aliphatic heterocycles. The molecule has 0 saturated heterocycles. The third kappa shape index (κ3) is 4.54. The summed E-state index contributed by atoms with van der Waals surface area (Å²) in [4.78, 5) is 28.7. The van der Waals surface area contributed by atoms with Crippen molar-refractivity contribution in [3.05, 3.63) is 82.0 Å². The first-order valence-corrected chi connectivity index (χ1v) is 11.1. The van der Waals surface area contributed by atoms with Gasteiger partial charge in [-0.2, -0.15) is 0 Å². The van der Waals surface area contributed by atoms with Crippen molar-refractivity contribution in [2.45, 2.75) is 25.8 Å². The Morgan fingerprint density at radius 3 is 2.67 bits per heavy atom. The van der Waals surface area contributed by atoms with E-state index >= 15 is 0 Å². The van der Waals surface area contributed by atoms with Gasteiger partial charge in [0.1, 0.15) is 6.04 Å². The molecule has 0 bridgehead atoms. The summed E-state index contributed by atoms with van der Waals surface area (Å²) < 4.78 is 0. The molecule has 1 aromatic heterocycles. The lowest BCUT2D eigenvalue weighted by atomic mass is 10.0. The number of rotatable bonds is 7. The molecule has 154 valence electrons. The predicted molar refractivity (Wildman–Crippen MR) is 122 cm³/mol. The van der Waals surface area contributed by atoms with Crippen molar-refractivity contribution in [3.63, 3.8) is 0 Å². The predicted octanol–water partition coefficient (Wildman–Crippen LogP) is 4.11. The van der Waals surface area contributed by atoms with Crippen molar-refractivity contribution in [2.75, 3.05) is 23.3 Å². The van der Waals surface area contributed by atoms with Gasteiger partial charge in [0, 0.05) is 30.9 Å². The van der Waals surface area contributed by atoms with Gasteiger partial charge in [0.25, 0.3) is 5.91 Å². The van der Waals surface area contributed by atoms with E-state index in [0.717, 1.165) is 30.8 Å². The van der Waals surface area contributed by atoms with Crippen LogP contribution in [0.5, 0.6) is 0 Å². The van der Waals surface area contributed by atoms with Gasteiger partial charge in [-0.1, -0.05) is 42.5 Å². The van der Waals surface area contributed by atoms with Crippen molar-refractivity contribution >= 4 is 34.5 Å². The summed E-state index contributed by atoms with van der Waals surface area (Å²) in [5.41, 5.74) is 4.23. The molecule has 30 heavy (non-hydrogen) atoms. The van der Waals surface area contributed by atoms with Crippen LogP contribution in [0.15, 0.2) is 66.0 Å². The van der Waals surface area contributed by atoms with E-state index < -0.39 is 6.04 Å². The molecule has 2 N–H and O–H groups in total. The third-order valence-corrected chi connectivity index (χ3v) is 6.24. The molecule has 6 heteroatoms. The van der Waals surface area contributed by atoms with Crippen molar-refractivity contribution < 1.29 is 9.59 Å². The molecule has 1 atom stereocenters. The Hall–Kier alpha value is -3.12. The number of amides is 2. The van der Waals surface area contributed by atoms with Gasteiger partial charge >= 0.3 is 0 Å². The van der Waals surface area contributed by atoms with Crippen LogP contribution in [-0.2, 0) is 17.6 Å². The quantitative estimate of drug-likeness (QED) is 0.606. The summed E-state index contributed by atoms with van der Waals surface area (Å²) in [6.07, 6.45) is 1.46. The first kappa shape index (κ1) is 20.2. The summed E-state index contributed by atoms with van der Waals surface area (Å²) in [6.45, 7) is 4.09. The molecule has 0 aliphatic carbocycles. The summed E-state index contributed by atoms with van der Waals surface area (Å²) >= 11 is 1.36. The van der Waals surface area contributed by atoms with Crippen LogP contribution in [0.1, 0.15) is 27.7 Å². The van der Waals surface area contributed by atoms with E-state index in [2.05, 4.69) is 28.5 Å². The van der Waals surface area contributed by atoms with E-state index in [1.807, 2.05) is 53.9 Å². The molecular formula is C24H25N3O2S. The van der Waals surface area contributed by atoms with Crippen LogP contribution < -0.4 is 15.5 Å². The minimum atomic E-state index is -0.669. The zero-order chi connectivity index (χ0) is 20.9. The summed E-state index contributed by atoms with van der Waals surface area (Å²) in [5, 5.41) is 7.77. The zero-order valence-electron chi connectivity index (χ0n) is 16.9. The number of hydrogen-bond donors (Lipinski definition) is 2. The fourth-order valence-corrected chi connectivity index (χ4v) is 4.40. The highest BCUT2D eigenvalue weighted by Crippen LogP contribution is 2.30. The molecule has 0 saturated carbocycles. The Balaban J connectivity index is 1.52. The van der Waals surface area contributed by atoms with Gasteiger partial charge < -0.3 is 15.5 Å². The second-order valence-electron chi connectivity index (χ2n) is 7.36. The normalized spacial score (nSPS) is 13.6. The SMILES string of the molecule is CCN1CCc2ccc(NC(=O)C(Cc3ccccc3)NC(=O)c3cccs3)cc21. The third-order valence-electron chi connectivity index (χ3n) is 5.38. The highest BCUT2D eigenvalue weighted by Gasteiger charge is 2.24. The smallest absolute Gasteiger partial charge is 0.262 e. The fourth-order valence-electron chi connectivity index (χ4n) is 3.78. The molecule has 2 aromatic carbocycles. The lowest BCUT2D eigenvalue weighted by Crippen LogP contribution is -2.45. The number of fused-ring (bicyclic) bond motifs is 1. The number of nitrogens with one attached hydrogen (secondary N) is 2. The van der Waals surface area contributed by atoms with E-state index in [0.29, 0.717) is 11.3 Å². The zero-order valence-corrected chi connectivity index (χ0v) is 17.7. The molecule has 0 spiro atoms. The Morgan fingerprint density at radius 2 is 1.93 bits per heavy atom. The topological polar surface area (TPSA) is 61.4 Å². The minimum absolute atomic E-state index is 0.218. The number of carbonyl (C=O) groups excluding carboxylic acids is 2. The van der Waals surface area contributed by atoms with Crippen LogP contribution in [0, 0.1) is 0 Å². The maximum Gasteiger partial charge on any atom is 0.262 e. The number of nitrogens with zero attached hydrogens (tertiary/aromatic N) is 1. The molecule has 2 heterocycles. The lowest BCUT2D eigenvalue weighted by Gasteiger charge is -2.20.